The Morgan fingerprint density at radius 1 is 0.920 bits per heavy atom. The number of amides is 1. The number of hydrogen-bond donors (Lipinski definition) is 1. The molecule has 2 fully saturated rings. The van der Waals surface area contributed by atoms with Crippen LogP contribution in [0.3, 0.4) is 0 Å². The van der Waals surface area contributed by atoms with Crippen LogP contribution < -0.4 is 5.32 Å². The van der Waals surface area contributed by atoms with E-state index in [9.17, 15) is 4.79 Å². The second kappa shape index (κ2) is 5.09. The van der Waals surface area contributed by atoms with E-state index in [1.165, 1.54) is 18.4 Å². The Bertz CT molecular complexity index is 943. The molecule has 126 valence electrons. The van der Waals surface area contributed by atoms with Gasteiger partial charge in [-0.2, -0.15) is 0 Å². The van der Waals surface area contributed by atoms with Crippen molar-refractivity contribution in [3.63, 3.8) is 0 Å². The van der Waals surface area contributed by atoms with Gasteiger partial charge in [-0.15, -0.1) is 0 Å². The van der Waals surface area contributed by atoms with Gasteiger partial charge in [0.1, 0.15) is 0 Å². The van der Waals surface area contributed by atoms with E-state index in [0.717, 1.165) is 34.8 Å². The summed E-state index contributed by atoms with van der Waals surface area (Å²) >= 11 is 11.7. The van der Waals surface area contributed by atoms with Crippen LogP contribution in [0.1, 0.15) is 36.8 Å². The Morgan fingerprint density at radius 2 is 1.60 bits per heavy atom. The fraction of sp³-hybridized carbons (Fsp3) is 0.300. The number of carbonyl (C=O) groups excluding carboxylic acids is 1. The van der Waals surface area contributed by atoms with Gasteiger partial charge in [-0.05, 0) is 61.1 Å². The largest absolute Gasteiger partial charge is 0.325 e. The minimum absolute atomic E-state index is 0.143. The zero-order valence-corrected chi connectivity index (χ0v) is 15.0. The number of anilines is 1. The van der Waals surface area contributed by atoms with Crippen LogP contribution in [0.2, 0.25) is 10.0 Å². The van der Waals surface area contributed by atoms with E-state index in [1.54, 1.807) is 0 Å². The second-order valence-corrected chi connectivity index (χ2v) is 8.17. The van der Waals surface area contributed by atoms with Gasteiger partial charge in [0.05, 0.1) is 11.1 Å². The maximum atomic E-state index is 11.6. The van der Waals surface area contributed by atoms with Crippen molar-refractivity contribution in [1.29, 1.82) is 0 Å². The molecular formula is C20H16Cl2N2O. The van der Waals surface area contributed by atoms with Crippen LogP contribution in [-0.2, 0) is 15.6 Å². The first-order chi connectivity index (χ1) is 12.0. The number of carbonyl (C=O) groups is 1. The number of fused-ring (bicyclic) bond motifs is 4. The summed E-state index contributed by atoms with van der Waals surface area (Å²) in [5.41, 5.74) is 4.60. The van der Waals surface area contributed by atoms with Crippen LogP contribution in [0.25, 0.3) is 0 Å². The molecule has 0 saturated heterocycles. The second-order valence-electron chi connectivity index (χ2n) is 7.30. The third-order valence-corrected chi connectivity index (χ3v) is 6.14. The lowest BCUT2D eigenvalue weighted by molar-refractivity contribution is -0.117. The smallest absolute Gasteiger partial charge is 0.235 e. The minimum atomic E-state index is -0.181. The highest BCUT2D eigenvalue weighted by Gasteiger charge is 2.56. The quantitative estimate of drug-likeness (QED) is 0.661. The molecule has 25 heavy (non-hydrogen) atoms. The summed E-state index contributed by atoms with van der Waals surface area (Å²) in [5, 5.41) is 4.33. The normalized spacial score (nSPS) is 21.4. The predicted molar refractivity (Wildman–Crippen MR) is 102 cm³/mol. The molecule has 0 aromatic heterocycles. The lowest BCUT2D eigenvalue weighted by atomic mass is 9.98. The molecule has 0 radical (unpaired) electrons. The SMILES string of the molecule is Clc1ccc2c(c1)N=CC21CC1.O=C1Nc2cc(Cl)ccc2C12CC2. The molecule has 2 aliphatic carbocycles. The lowest BCUT2D eigenvalue weighted by Crippen LogP contribution is -2.18. The molecular weight excluding hydrogens is 355 g/mol. The first-order valence-corrected chi connectivity index (χ1v) is 9.25. The molecule has 2 saturated carbocycles. The van der Waals surface area contributed by atoms with Gasteiger partial charge in [0.2, 0.25) is 5.91 Å². The summed E-state index contributed by atoms with van der Waals surface area (Å²) in [4.78, 5) is 15.9. The predicted octanol–water partition coefficient (Wildman–Crippen LogP) is 5.41. The Hall–Kier alpha value is -1.84. The van der Waals surface area contributed by atoms with Gasteiger partial charge in [0, 0.05) is 27.4 Å². The van der Waals surface area contributed by atoms with Crippen molar-refractivity contribution in [3.05, 3.63) is 57.6 Å². The van der Waals surface area contributed by atoms with E-state index >= 15 is 0 Å². The van der Waals surface area contributed by atoms with Crippen LogP contribution in [0.4, 0.5) is 11.4 Å². The van der Waals surface area contributed by atoms with Gasteiger partial charge >= 0.3 is 0 Å². The van der Waals surface area contributed by atoms with E-state index in [0.29, 0.717) is 10.4 Å². The van der Waals surface area contributed by atoms with Gasteiger partial charge in [0.15, 0.2) is 0 Å². The van der Waals surface area contributed by atoms with Crippen LogP contribution in [0.5, 0.6) is 0 Å². The van der Waals surface area contributed by atoms with E-state index in [4.69, 9.17) is 23.2 Å². The van der Waals surface area contributed by atoms with Crippen LogP contribution in [-0.4, -0.2) is 12.1 Å². The third kappa shape index (κ3) is 2.33. The average Bonchev–Trinajstić information content (AvgIpc) is 3.46. The van der Waals surface area contributed by atoms with Crippen molar-refractivity contribution in [1.82, 2.24) is 0 Å². The minimum Gasteiger partial charge on any atom is -0.325 e. The van der Waals surface area contributed by atoms with Crippen LogP contribution in [0, 0.1) is 0 Å². The van der Waals surface area contributed by atoms with Crippen molar-refractivity contribution >= 4 is 46.7 Å². The first-order valence-electron chi connectivity index (χ1n) is 8.49. The fourth-order valence-corrected chi connectivity index (χ4v) is 4.19. The maximum Gasteiger partial charge on any atom is 0.235 e. The number of nitrogens with one attached hydrogen (secondary N) is 1. The molecule has 2 aromatic carbocycles. The van der Waals surface area contributed by atoms with E-state index < -0.39 is 0 Å². The molecule has 2 spiro atoms. The van der Waals surface area contributed by atoms with Gasteiger partial charge < -0.3 is 5.32 Å². The van der Waals surface area contributed by atoms with E-state index in [1.807, 2.05) is 30.3 Å². The summed E-state index contributed by atoms with van der Waals surface area (Å²) in [6, 6.07) is 11.6. The number of benzene rings is 2. The number of rotatable bonds is 0. The molecule has 1 N–H and O–H groups in total. The monoisotopic (exact) mass is 370 g/mol. The summed E-state index contributed by atoms with van der Waals surface area (Å²) in [7, 11) is 0. The molecule has 3 nitrogen and oxygen atoms in total. The molecule has 2 heterocycles. The Labute approximate surface area is 156 Å². The Balaban J connectivity index is 0.000000112. The number of hydrogen-bond acceptors (Lipinski definition) is 2. The summed E-state index contributed by atoms with van der Waals surface area (Å²) in [5.74, 6) is 0.143. The zero-order valence-electron chi connectivity index (χ0n) is 13.5. The van der Waals surface area contributed by atoms with Crippen molar-refractivity contribution in [2.24, 2.45) is 4.99 Å². The third-order valence-electron chi connectivity index (χ3n) is 5.67. The molecule has 1 amide bonds. The first kappa shape index (κ1) is 15.4. The van der Waals surface area contributed by atoms with Crippen molar-refractivity contribution in [2.45, 2.75) is 36.5 Å². The highest BCUT2D eigenvalue weighted by atomic mass is 35.5. The Morgan fingerprint density at radius 3 is 2.28 bits per heavy atom. The topological polar surface area (TPSA) is 41.5 Å². The van der Waals surface area contributed by atoms with Gasteiger partial charge in [-0.1, -0.05) is 35.3 Å². The van der Waals surface area contributed by atoms with Gasteiger partial charge in [-0.25, -0.2) is 0 Å². The molecule has 2 aromatic rings. The van der Waals surface area contributed by atoms with Crippen LogP contribution >= 0.6 is 23.2 Å². The van der Waals surface area contributed by atoms with E-state index in [-0.39, 0.29) is 11.3 Å². The maximum absolute atomic E-state index is 11.6. The molecule has 6 rings (SSSR count). The van der Waals surface area contributed by atoms with Crippen LogP contribution in [0.15, 0.2) is 41.4 Å². The lowest BCUT2D eigenvalue weighted by Gasteiger charge is -2.04. The van der Waals surface area contributed by atoms with Gasteiger partial charge in [-0.3, -0.25) is 9.79 Å². The van der Waals surface area contributed by atoms with Crippen molar-refractivity contribution < 1.29 is 4.79 Å². The van der Waals surface area contributed by atoms with E-state index in [2.05, 4.69) is 22.6 Å². The van der Waals surface area contributed by atoms with Gasteiger partial charge in [0.25, 0.3) is 0 Å². The highest BCUT2D eigenvalue weighted by Crippen LogP contribution is 2.55. The summed E-state index contributed by atoms with van der Waals surface area (Å²) < 4.78 is 0. The zero-order chi connectivity index (χ0) is 17.2. The standard InChI is InChI=1S/C10H8ClNO.C10H8ClN/c11-6-1-2-7-8(5-6)12-9(13)10(7)3-4-10;11-7-1-2-8-9(5-7)12-6-10(8)3-4-10/h1-2,5H,3-4H2,(H,12,13);1-2,5-6H,3-4H2. The summed E-state index contributed by atoms with van der Waals surface area (Å²) in [6.45, 7) is 0. The molecule has 2 aliphatic heterocycles. The summed E-state index contributed by atoms with van der Waals surface area (Å²) in [6.07, 6.45) is 6.55. The number of halogens is 2. The average molecular weight is 371 g/mol. The fourth-order valence-electron chi connectivity index (χ4n) is 3.85. The highest BCUT2D eigenvalue weighted by molar-refractivity contribution is 6.31. The number of aliphatic imine (C=N–C) groups is 1. The Kier molecular flexibility index (Phi) is 3.14. The van der Waals surface area contributed by atoms with Crippen molar-refractivity contribution in [2.75, 3.05) is 5.32 Å². The molecule has 4 aliphatic rings. The van der Waals surface area contributed by atoms with Crippen molar-refractivity contribution in [3.8, 4) is 0 Å². The molecule has 0 atom stereocenters. The molecule has 5 heteroatoms. The molecule has 0 unspecified atom stereocenters. The number of nitrogens with zero attached hydrogens (tertiary/aromatic N) is 1. The molecule has 0 bridgehead atoms.